The van der Waals surface area contributed by atoms with Gasteiger partial charge in [0.25, 0.3) is 0 Å². The van der Waals surface area contributed by atoms with E-state index in [1.807, 2.05) is 36.4 Å². The van der Waals surface area contributed by atoms with Crippen LogP contribution in [0.5, 0.6) is 17.2 Å². The lowest BCUT2D eigenvalue weighted by Gasteiger charge is -2.16. The molecule has 0 radical (unpaired) electrons. The molecule has 0 saturated heterocycles. The Balaban J connectivity index is 1.98. The standard InChI is InChI=1S/C17H21NO3/c1-12(14-6-9-16(19)17(10-14)21-3)18-11-13-4-7-15(20-2)8-5-13/h4-10,12,18-19H,11H2,1-3H3. The Morgan fingerprint density at radius 1 is 1.05 bits per heavy atom. The van der Waals surface area contributed by atoms with Gasteiger partial charge in [-0.1, -0.05) is 18.2 Å². The minimum atomic E-state index is 0.154. The third kappa shape index (κ3) is 3.89. The van der Waals surface area contributed by atoms with Crippen molar-refractivity contribution in [2.24, 2.45) is 0 Å². The number of methoxy groups -OCH3 is 2. The van der Waals surface area contributed by atoms with E-state index in [0.29, 0.717) is 5.75 Å². The van der Waals surface area contributed by atoms with E-state index < -0.39 is 0 Å². The van der Waals surface area contributed by atoms with Gasteiger partial charge in [0.05, 0.1) is 14.2 Å². The summed E-state index contributed by atoms with van der Waals surface area (Å²) in [6, 6.07) is 13.5. The second-order valence-corrected chi connectivity index (χ2v) is 4.88. The van der Waals surface area contributed by atoms with E-state index in [1.54, 1.807) is 20.3 Å². The maximum Gasteiger partial charge on any atom is 0.160 e. The average molecular weight is 287 g/mol. The average Bonchev–Trinajstić information content (AvgIpc) is 2.53. The zero-order valence-corrected chi connectivity index (χ0v) is 12.6. The first kappa shape index (κ1) is 15.2. The smallest absolute Gasteiger partial charge is 0.160 e. The fourth-order valence-corrected chi connectivity index (χ4v) is 2.10. The Morgan fingerprint density at radius 2 is 1.76 bits per heavy atom. The fraction of sp³-hybridized carbons (Fsp3) is 0.294. The summed E-state index contributed by atoms with van der Waals surface area (Å²) in [6.07, 6.45) is 0. The van der Waals surface area contributed by atoms with Crippen LogP contribution in [0.1, 0.15) is 24.1 Å². The molecule has 0 aliphatic carbocycles. The maximum atomic E-state index is 9.62. The van der Waals surface area contributed by atoms with Gasteiger partial charge in [-0.3, -0.25) is 0 Å². The lowest BCUT2D eigenvalue weighted by Crippen LogP contribution is -2.18. The van der Waals surface area contributed by atoms with E-state index in [0.717, 1.165) is 17.9 Å². The number of benzene rings is 2. The fourth-order valence-electron chi connectivity index (χ4n) is 2.10. The Morgan fingerprint density at radius 3 is 2.38 bits per heavy atom. The molecule has 0 aliphatic rings. The molecule has 0 amide bonds. The number of ether oxygens (including phenoxy) is 2. The van der Waals surface area contributed by atoms with Crippen LogP contribution in [0.4, 0.5) is 0 Å². The van der Waals surface area contributed by atoms with E-state index in [1.165, 1.54) is 5.56 Å². The molecule has 2 aromatic carbocycles. The predicted octanol–water partition coefficient (Wildman–Crippen LogP) is 3.26. The van der Waals surface area contributed by atoms with Crippen molar-refractivity contribution in [1.82, 2.24) is 5.32 Å². The van der Waals surface area contributed by atoms with E-state index in [9.17, 15) is 5.11 Å². The number of hydrogen-bond donors (Lipinski definition) is 2. The van der Waals surface area contributed by atoms with Gasteiger partial charge < -0.3 is 19.9 Å². The van der Waals surface area contributed by atoms with Crippen molar-refractivity contribution in [2.45, 2.75) is 19.5 Å². The van der Waals surface area contributed by atoms with Crippen LogP contribution in [0.15, 0.2) is 42.5 Å². The first-order valence-electron chi connectivity index (χ1n) is 6.87. The quantitative estimate of drug-likeness (QED) is 0.856. The second kappa shape index (κ2) is 6.99. The number of aromatic hydroxyl groups is 1. The molecule has 112 valence electrons. The number of phenolic OH excluding ortho intramolecular Hbond substituents is 1. The van der Waals surface area contributed by atoms with Crippen LogP contribution in [0, 0.1) is 0 Å². The monoisotopic (exact) mass is 287 g/mol. The predicted molar refractivity (Wildman–Crippen MR) is 82.9 cm³/mol. The van der Waals surface area contributed by atoms with Gasteiger partial charge >= 0.3 is 0 Å². The van der Waals surface area contributed by atoms with E-state index in [4.69, 9.17) is 9.47 Å². The maximum absolute atomic E-state index is 9.62. The van der Waals surface area contributed by atoms with Crippen LogP contribution < -0.4 is 14.8 Å². The summed E-state index contributed by atoms with van der Waals surface area (Å²) in [7, 11) is 3.21. The number of hydrogen-bond acceptors (Lipinski definition) is 4. The third-order valence-corrected chi connectivity index (χ3v) is 3.48. The summed E-state index contributed by atoms with van der Waals surface area (Å²) in [5.74, 6) is 1.50. The van der Waals surface area contributed by atoms with Crippen LogP contribution in [-0.4, -0.2) is 19.3 Å². The molecule has 2 rings (SSSR count). The summed E-state index contributed by atoms with van der Waals surface area (Å²) in [5, 5.41) is 13.1. The van der Waals surface area contributed by atoms with Crippen molar-refractivity contribution in [3.05, 3.63) is 53.6 Å². The molecule has 0 spiro atoms. The summed E-state index contributed by atoms with van der Waals surface area (Å²) < 4.78 is 10.3. The summed E-state index contributed by atoms with van der Waals surface area (Å²) in [5.41, 5.74) is 2.26. The molecule has 4 nitrogen and oxygen atoms in total. The lowest BCUT2D eigenvalue weighted by molar-refractivity contribution is 0.372. The SMILES string of the molecule is COc1ccc(CNC(C)c2ccc(O)c(OC)c2)cc1. The topological polar surface area (TPSA) is 50.7 Å². The lowest BCUT2D eigenvalue weighted by atomic mass is 10.1. The van der Waals surface area contributed by atoms with E-state index in [2.05, 4.69) is 12.2 Å². The summed E-state index contributed by atoms with van der Waals surface area (Å²) >= 11 is 0. The van der Waals surface area contributed by atoms with Crippen LogP contribution in [0.2, 0.25) is 0 Å². The molecule has 4 heteroatoms. The molecule has 1 unspecified atom stereocenters. The highest BCUT2D eigenvalue weighted by atomic mass is 16.5. The molecule has 0 bridgehead atoms. The van der Waals surface area contributed by atoms with Crippen molar-refractivity contribution in [2.75, 3.05) is 14.2 Å². The normalized spacial score (nSPS) is 12.0. The Bertz CT molecular complexity index is 581. The van der Waals surface area contributed by atoms with Gasteiger partial charge in [0.15, 0.2) is 11.5 Å². The van der Waals surface area contributed by atoms with Gasteiger partial charge in [0.2, 0.25) is 0 Å². The molecular formula is C17H21NO3. The zero-order chi connectivity index (χ0) is 15.2. The first-order chi connectivity index (χ1) is 10.1. The molecule has 1 atom stereocenters. The van der Waals surface area contributed by atoms with Gasteiger partial charge in [0.1, 0.15) is 5.75 Å². The van der Waals surface area contributed by atoms with Crippen LogP contribution in [0.25, 0.3) is 0 Å². The Kier molecular flexibility index (Phi) is 5.06. The molecule has 21 heavy (non-hydrogen) atoms. The van der Waals surface area contributed by atoms with Crippen molar-refractivity contribution in [3.63, 3.8) is 0 Å². The van der Waals surface area contributed by atoms with Crippen LogP contribution >= 0.6 is 0 Å². The van der Waals surface area contributed by atoms with E-state index >= 15 is 0 Å². The largest absolute Gasteiger partial charge is 0.504 e. The molecule has 0 aromatic heterocycles. The first-order valence-corrected chi connectivity index (χ1v) is 6.87. The van der Waals surface area contributed by atoms with Crippen molar-refractivity contribution in [3.8, 4) is 17.2 Å². The van der Waals surface area contributed by atoms with Gasteiger partial charge in [-0.25, -0.2) is 0 Å². The Labute approximate surface area is 125 Å². The van der Waals surface area contributed by atoms with E-state index in [-0.39, 0.29) is 11.8 Å². The van der Waals surface area contributed by atoms with Gasteiger partial charge in [-0.15, -0.1) is 0 Å². The molecule has 0 aliphatic heterocycles. The van der Waals surface area contributed by atoms with Crippen molar-refractivity contribution < 1.29 is 14.6 Å². The molecule has 2 N–H and O–H groups in total. The Hall–Kier alpha value is -2.20. The van der Waals surface area contributed by atoms with Crippen LogP contribution in [0.3, 0.4) is 0 Å². The number of phenols is 1. The number of rotatable bonds is 6. The van der Waals surface area contributed by atoms with Crippen LogP contribution in [-0.2, 0) is 6.54 Å². The van der Waals surface area contributed by atoms with Gasteiger partial charge in [0, 0.05) is 12.6 Å². The minimum absolute atomic E-state index is 0.154. The highest BCUT2D eigenvalue weighted by molar-refractivity contribution is 5.42. The van der Waals surface area contributed by atoms with Gasteiger partial charge in [-0.2, -0.15) is 0 Å². The molecule has 0 fully saturated rings. The minimum Gasteiger partial charge on any atom is -0.504 e. The van der Waals surface area contributed by atoms with Gasteiger partial charge in [-0.05, 0) is 42.3 Å². The molecule has 0 saturated carbocycles. The summed E-state index contributed by atoms with van der Waals surface area (Å²) in [4.78, 5) is 0. The number of nitrogens with one attached hydrogen (secondary N) is 1. The van der Waals surface area contributed by atoms with Crippen molar-refractivity contribution >= 4 is 0 Å². The summed E-state index contributed by atoms with van der Waals surface area (Å²) in [6.45, 7) is 2.84. The second-order valence-electron chi connectivity index (χ2n) is 4.88. The third-order valence-electron chi connectivity index (χ3n) is 3.48. The highest BCUT2D eigenvalue weighted by Gasteiger charge is 2.09. The highest BCUT2D eigenvalue weighted by Crippen LogP contribution is 2.28. The molecule has 2 aromatic rings. The van der Waals surface area contributed by atoms with Crippen molar-refractivity contribution in [1.29, 1.82) is 0 Å². The molecular weight excluding hydrogens is 266 g/mol. The molecule has 0 heterocycles. The zero-order valence-electron chi connectivity index (χ0n) is 12.6.